The minimum Gasteiger partial charge on any atom is -0.306 e. The van der Waals surface area contributed by atoms with E-state index in [-0.39, 0.29) is 0 Å². The summed E-state index contributed by atoms with van der Waals surface area (Å²) in [6.45, 7) is 0. The van der Waals surface area contributed by atoms with Gasteiger partial charge in [0.25, 0.3) is 0 Å². The second-order valence-corrected chi connectivity index (χ2v) is 13.2. The van der Waals surface area contributed by atoms with Crippen molar-refractivity contribution in [3.63, 3.8) is 0 Å². The van der Waals surface area contributed by atoms with E-state index in [9.17, 15) is 0 Å². The molecule has 0 saturated heterocycles. The number of aromatic nitrogens is 7. The molecule has 0 unspecified atom stereocenters. The van der Waals surface area contributed by atoms with Crippen molar-refractivity contribution >= 4 is 49.7 Å². The van der Waals surface area contributed by atoms with Crippen LogP contribution in [-0.4, -0.2) is 28.9 Å². The Kier molecular flexibility index (Phi) is 6.42. The molecular weight excluding hydrogens is 651 g/mol. The second-order valence-electron chi connectivity index (χ2n) is 13.2. The van der Waals surface area contributed by atoms with Gasteiger partial charge >= 0.3 is 5.78 Å². The number of hydrogen-bond donors (Lipinski definition) is 1. The summed E-state index contributed by atoms with van der Waals surface area (Å²) in [7, 11) is 0. The van der Waals surface area contributed by atoms with Gasteiger partial charge in [-0.25, -0.2) is 19.9 Å². The number of aromatic amines is 1. The van der Waals surface area contributed by atoms with E-state index in [0.717, 1.165) is 66.9 Å². The molecule has 0 aliphatic heterocycles. The number of hydrogen-bond acceptors (Lipinski definition) is 3. The lowest BCUT2D eigenvalue weighted by molar-refractivity contribution is -0.540. The van der Waals surface area contributed by atoms with Gasteiger partial charge in [0.05, 0.1) is 11.0 Å². The largest absolute Gasteiger partial charge is 0.373 e. The van der Waals surface area contributed by atoms with E-state index in [1.54, 1.807) is 0 Å². The molecule has 11 rings (SSSR count). The predicted octanol–water partition coefficient (Wildman–Crippen LogP) is 10.1. The third-order valence-electron chi connectivity index (χ3n) is 10.2. The molecule has 4 heterocycles. The van der Waals surface area contributed by atoms with E-state index >= 15 is 0 Å². The van der Waals surface area contributed by atoms with Crippen molar-refractivity contribution in [1.29, 1.82) is 0 Å². The summed E-state index contributed by atoms with van der Waals surface area (Å²) in [5.74, 6) is 2.90. The summed E-state index contributed by atoms with van der Waals surface area (Å²) in [5.41, 5.74) is 11.6. The Morgan fingerprint density at radius 3 is 1.75 bits per heavy atom. The summed E-state index contributed by atoms with van der Waals surface area (Å²) < 4.78 is 7.03. The molecule has 7 nitrogen and oxygen atoms in total. The highest BCUT2D eigenvalue weighted by Gasteiger charge is 2.27. The fourth-order valence-electron chi connectivity index (χ4n) is 7.82. The average Bonchev–Trinajstić information content (AvgIpc) is 3.89. The second kappa shape index (κ2) is 11.6. The Balaban J connectivity index is 1.18. The van der Waals surface area contributed by atoms with Crippen molar-refractivity contribution in [1.82, 2.24) is 28.9 Å². The van der Waals surface area contributed by atoms with Crippen LogP contribution in [0.15, 0.2) is 176 Å². The first kappa shape index (κ1) is 29.4. The number of nitrogens with one attached hydrogen (secondary N) is 1. The number of H-pyrrole nitrogens is 1. The highest BCUT2D eigenvalue weighted by molar-refractivity contribution is 6.18. The zero-order chi connectivity index (χ0) is 34.9. The summed E-state index contributed by atoms with van der Waals surface area (Å²) in [6.07, 6.45) is 0. The number of imidazole rings is 2. The molecule has 248 valence electrons. The lowest BCUT2D eigenvalue weighted by atomic mass is 10.1. The quantitative estimate of drug-likeness (QED) is 0.184. The van der Waals surface area contributed by atoms with Crippen LogP contribution in [0.25, 0.3) is 95.2 Å². The van der Waals surface area contributed by atoms with Gasteiger partial charge in [0.1, 0.15) is 22.2 Å². The molecule has 0 radical (unpaired) electrons. The Bertz CT molecular complexity index is 3100. The highest BCUT2D eigenvalue weighted by Crippen LogP contribution is 2.38. The normalized spacial score (nSPS) is 11.8. The zero-order valence-corrected chi connectivity index (χ0v) is 28.4. The van der Waals surface area contributed by atoms with Crippen molar-refractivity contribution in [2.75, 3.05) is 0 Å². The first-order chi connectivity index (χ1) is 26.3. The molecule has 53 heavy (non-hydrogen) atoms. The fourth-order valence-corrected chi connectivity index (χ4v) is 7.82. The van der Waals surface area contributed by atoms with Crippen LogP contribution < -0.4 is 4.57 Å². The van der Waals surface area contributed by atoms with Gasteiger partial charge in [-0.1, -0.05) is 121 Å². The molecule has 0 fully saturated rings. The summed E-state index contributed by atoms with van der Waals surface area (Å²) in [4.78, 5) is 18.9. The van der Waals surface area contributed by atoms with Crippen LogP contribution in [0, 0.1) is 0 Å². The number of benzene rings is 7. The smallest absolute Gasteiger partial charge is 0.306 e. The van der Waals surface area contributed by atoms with Crippen molar-refractivity contribution < 1.29 is 4.57 Å². The molecule has 11 aromatic rings. The minimum atomic E-state index is 0.620. The van der Waals surface area contributed by atoms with Crippen LogP contribution >= 0.6 is 0 Å². The predicted molar refractivity (Wildman–Crippen MR) is 212 cm³/mol. The average molecular weight is 681 g/mol. The van der Waals surface area contributed by atoms with Crippen LogP contribution in [0.1, 0.15) is 0 Å². The first-order valence-electron chi connectivity index (χ1n) is 17.7. The standard InChI is InChI=1S/C46H29N7/c1-4-15-30(16-5-1)43-48-44(31-17-6-2-7-18-31)50-45(49-43)32-19-14-22-34(29-32)51-37-24-11-10-23-35(37)36-27-28-40-41(42(36)51)47-46-52(33-20-8-3-9-21-33)38-25-12-13-26-39(38)53(40)46/h1-29H/p+1. The lowest BCUT2D eigenvalue weighted by Gasteiger charge is -2.11. The van der Waals surface area contributed by atoms with Crippen LogP contribution in [-0.2, 0) is 0 Å². The van der Waals surface area contributed by atoms with Crippen molar-refractivity contribution in [2.24, 2.45) is 0 Å². The molecule has 7 aromatic carbocycles. The van der Waals surface area contributed by atoms with Crippen LogP contribution in [0.2, 0.25) is 0 Å². The molecule has 1 N–H and O–H groups in total. The van der Waals surface area contributed by atoms with Crippen LogP contribution in [0.3, 0.4) is 0 Å². The van der Waals surface area contributed by atoms with E-state index < -0.39 is 0 Å². The van der Waals surface area contributed by atoms with Gasteiger partial charge < -0.3 is 4.57 Å². The number of rotatable bonds is 5. The Morgan fingerprint density at radius 1 is 0.453 bits per heavy atom. The summed E-state index contributed by atoms with van der Waals surface area (Å²) in [6, 6.07) is 61.0. The Hall–Kier alpha value is -7.38. The topological polar surface area (TPSA) is 67.7 Å². The van der Waals surface area contributed by atoms with Gasteiger partial charge in [-0.15, -0.1) is 0 Å². The fraction of sp³-hybridized carbons (Fsp3) is 0. The molecule has 7 heteroatoms. The van der Waals surface area contributed by atoms with Crippen LogP contribution in [0.4, 0.5) is 0 Å². The first-order valence-corrected chi connectivity index (χ1v) is 17.7. The molecule has 0 bridgehead atoms. The number of nitrogens with zero attached hydrogens (tertiary/aromatic N) is 6. The van der Waals surface area contributed by atoms with E-state index in [4.69, 9.17) is 15.0 Å². The molecule has 0 amide bonds. The van der Waals surface area contributed by atoms with Gasteiger partial charge in [-0.05, 0) is 54.6 Å². The van der Waals surface area contributed by atoms with E-state index in [2.05, 4.69) is 134 Å². The van der Waals surface area contributed by atoms with Crippen molar-refractivity contribution in [2.45, 2.75) is 0 Å². The van der Waals surface area contributed by atoms with Gasteiger partial charge in [0, 0.05) is 33.2 Å². The van der Waals surface area contributed by atoms with Gasteiger partial charge in [-0.3, -0.25) is 0 Å². The van der Waals surface area contributed by atoms with Crippen molar-refractivity contribution in [3.05, 3.63) is 176 Å². The zero-order valence-electron chi connectivity index (χ0n) is 28.4. The van der Waals surface area contributed by atoms with Gasteiger partial charge in [0.2, 0.25) is 0 Å². The molecule has 0 aliphatic carbocycles. The maximum Gasteiger partial charge on any atom is 0.373 e. The maximum atomic E-state index is 5.04. The highest BCUT2D eigenvalue weighted by atomic mass is 15.2. The molecule has 0 atom stereocenters. The molecule has 4 aromatic heterocycles. The minimum absolute atomic E-state index is 0.620. The Labute approximate surface area is 303 Å². The summed E-state index contributed by atoms with van der Waals surface area (Å²) in [5, 5.41) is 2.37. The lowest BCUT2D eigenvalue weighted by Crippen LogP contribution is -2.30. The molecular formula is C46H30N7+. The molecule has 0 aliphatic rings. The molecule has 0 spiro atoms. The van der Waals surface area contributed by atoms with Crippen LogP contribution in [0.5, 0.6) is 0 Å². The van der Waals surface area contributed by atoms with E-state index in [1.807, 2.05) is 60.7 Å². The van der Waals surface area contributed by atoms with Gasteiger partial charge in [-0.2, -0.15) is 8.97 Å². The molecule has 0 saturated carbocycles. The van der Waals surface area contributed by atoms with Crippen molar-refractivity contribution in [3.8, 4) is 45.5 Å². The third-order valence-corrected chi connectivity index (χ3v) is 10.2. The summed E-state index contributed by atoms with van der Waals surface area (Å²) >= 11 is 0. The van der Waals surface area contributed by atoms with E-state index in [1.165, 1.54) is 10.8 Å². The monoisotopic (exact) mass is 680 g/mol. The number of para-hydroxylation sites is 4. The third kappa shape index (κ3) is 4.54. The Morgan fingerprint density at radius 2 is 1.04 bits per heavy atom. The van der Waals surface area contributed by atoms with E-state index in [0.29, 0.717) is 17.5 Å². The number of fused-ring (bicyclic) bond motifs is 9. The van der Waals surface area contributed by atoms with Gasteiger partial charge in [0.15, 0.2) is 23.0 Å². The maximum absolute atomic E-state index is 5.04. The SMILES string of the molecule is c1ccc(-c2nc(-c3ccccc3)nc(-c3cccc(-n4c5ccccc5c5ccc6c([nH]c7n6c6ccccc6[n+]7-c6ccccc6)c54)c3)n2)cc1.